The predicted octanol–water partition coefficient (Wildman–Crippen LogP) is 5.04. The van der Waals surface area contributed by atoms with Gasteiger partial charge in [-0.3, -0.25) is 9.59 Å². The molecule has 2 aromatic carbocycles. The Kier molecular flexibility index (Phi) is 8.73. The Morgan fingerprint density at radius 3 is 2.28 bits per heavy atom. The first kappa shape index (κ1) is 28.0. The standard InChI is InChI=1S/C29H40ClN3O3/c1-21(14-17-32(6)27(35)29(3,36)22-10-8-7-9-11-22)28(2)15-18-33(19-16-28)23-12-13-24(25(30)20-23)26(34)31(4)5/h7-13,20-21,36H,14-19H2,1-6H3/t21?,29-/m1/s1. The molecule has 3 rings (SSSR count). The van der Waals surface area contributed by atoms with E-state index in [0.29, 0.717) is 28.6 Å². The molecule has 1 heterocycles. The minimum atomic E-state index is -1.54. The number of carbonyl (C=O) groups excluding carboxylic acids is 2. The lowest BCUT2D eigenvalue weighted by atomic mass is 9.69. The third kappa shape index (κ3) is 6.04. The van der Waals surface area contributed by atoms with Gasteiger partial charge in [0.15, 0.2) is 5.60 Å². The number of hydrogen-bond donors (Lipinski definition) is 1. The van der Waals surface area contributed by atoms with E-state index in [-0.39, 0.29) is 17.2 Å². The fourth-order valence-electron chi connectivity index (χ4n) is 4.98. The van der Waals surface area contributed by atoms with Crippen LogP contribution in [0.2, 0.25) is 5.02 Å². The number of nitrogens with zero attached hydrogens (tertiary/aromatic N) is 3. The number of rotatable bonds is 8. The summed E-state index contributed by atoms with van der Waals surface area (Å²) < 4.78 is 0. The molecule has 1 aliphatic heterocycles. The summed E-state index contributed by atoms with van der Waals surface area (Å²) in [5, 5.41) is 11.4. The Labute approximate surface area is 220 Å². The number of anilines is 1. The summed E-state index contributed by atoms with van der Waals surface area (Å²) in [6, 6.07) is 14.8. The zero-order valence-electron chi connectivity index (χ0n) is 22.4. The summed E-state index contributed by atoms with van der Waals surface area (Å²) in [7, 11) is 5.21. The number of benzene rings is 2. The van der Waals surface area contributed by atoms with Crippen LogP contribution in [0, 0.1) is 11.3 Å². The highest BCUT2D eigenvalue weighted by Crippen LogP contribution is 2.41. The van der Waals surface area contributed by atoms with Crippen molar-refractivity contribution in [2.24, 2.45) is 11.3 Å². The van der Waals surface area contributed by atoms with Gasteiger partial charge in [-0.2, -0.15) is 0 Å². The lowest BCUT2D eigenvalue weighted by molar-refractivity contribution is -0.149. The maximum absolute atomic E-state index is 13.0. The van der Waals surface area contributed by atoms with E-state index in [1.165, 1.54) is 4.90 Å². The molecular formula is C29H40ClN3O3. The molecule has 0 bridgehead atoms. The molecule has 0 saturated carbocycles. The minimum Gasteiger partial charge on any atom is -0.376 e. The van der Waals surface area contributed by atoms with E-state index < -0.39 is 5.60 Å². The molecule has 6 nitrogen and oxygen atoms in total. The second-order valence-corrected chi connectivity index (χ2v) is 11.3. The summed E-state index contributed by atoms with van der Waals surface area (Å²) in [6.45, 7) is 8.59. The van der Waals surface area contributed by atoms with Crippen LogP contribution in [-0.4, -0.2) is 67.5 Å². The van der Waals surface area contributed by atoms with Crippen molar-refractivity contribution < 1.29 is 14.7 Å². The predicted molar refractivity (Wildman–Crippen MR) is 146 cm³/mol. The van der Waals surface area contributed by atoms with Crippen LogP contribution in [0.5, 0.6) is 0 Å². The number of carbonyl (C=O) groups is 2. The van der Waals surface area contributed by atoms with Gasteiger partial charge in [-0.05, 0) is 61.3 Å². The second-order valence-electron chi connectivity index (χ2n) is 10.9. The summed E-state index contributed by atoms with van der Waals surface area (Å²) in [5.74, 6) is 0.0366. The van der Waals surface area contributed by atoms with Gasteiger partial charge in [-0.25, -0.2) is 0 Å². The number of likely N-dealkylation sites (N-methyl/N-ethyl adjacent to an activating group) is 1. The van der Waals surface area contributed by atoms with Crippen molar-refractivity contribution in [3.8, 4) is 0 Å². The highest BCUT2D eigenvalue weighted by Gasteiger charge is 2.37. The Morgan fingerprint density at radius 2 is 1.72 bits per heavy atom. The molecular weight excluding hydrogens is 474 g/mol. The molecule has 1 aliphatic rings. The van der Waals surface area contributed by atoms with Crippen molar-refractivity contribution in [2.75, 3.05) is 45.7 Å². The number of aliphatic hydroxyl groups is 1. The van der Waals surface area contributed by atoms with Crippen molar-refractivity contribution in [1.29, 1.82) is 0 Å². The molecule has 2 atom stereocenters. The zero-order valence-corrected chi connectivity index (χ0v) is 23.2. The zero-order chi connectivity index (χ0) is 26.7. The van der Waals surface area contributed by atoms with Crippen molar-refractivity contribution in [3.63, 3.8) is 0 Å². The van der Waals surface area contributed by atoms with Gasteiger partial charge in [0.25, 0.3) is 11.8 Å². The largest absolute Gasteiger partial charge is 0.376 e. The van der Waals surface area contributed by atoms with E-state index in [4.69, 9.17) is 11.6 Å². The molecule has 196 valence electrons. The molecule has 0 aliphatic carbocycles. The maximum atomic E-state index is 13.0. The molecule has 2 aromatic rings. The van der Waals surface area contributed by atoms with Gasteiger partial charge in [-0.1, -0.05) is 55.8 Å². The van der Waals surface area contributed by atoms with Crippen molar-refractivity contribution in [2.45, 2.75) is 45.6 Å². The maximum Gasteiger partial charge on any atom is 0.258 e. The smallest absolute Gasteiger partial charge is 0.258 e. The quantitative estimate of drug-likeness (QED) is 0.537. The first-order valence-electron chi connectivity index (χ1n) is 12.7. The topological polar surface area (TPSA) is 64.1 Å². The Morgan fingerprint density at radius 1 is 1.11 bits per heavy atom. The molecule has 1 fully saturated rings. The second kappa shape index (κ2) is 11.2. The fourth-order valence-corrected chi connectivity index (χ4v) is 5.23. The van der Waals surface area contributed by atoms with E-state index >= 15 is 0 Å². The average Bonchev–Trinajstić information content (AvgIpc) is 2.87. The van der Waals surface area contributed by atoms with Crippen LogP contribution in [0.15, 0.2) is 48.5 Å². The third-order valence-corrected chi connectivity index (χ3v) is 8.36. The van der Waals surface area contributed by atoms with Crippen LogP contribution in [0.3, 0.4) is 0 Å². The molecule has 0 spiro atoms. The van der Waals surface area contributed by atoms with E-state index in [2.05, 4.69) is 18.7 Å². The van der Waals surface area contributed by atoms with Crippen molar-refractivity contribution >= 4 is 29.1 Å². The molecule has 1 saturated heterocycles. The van der Waals surface area contributed by atoms with Gasteiger partial charge in [0, 0.05) is 46.5 Å². The molecule has 2 amide bonds. The Bertz CT molecular complexity index is 1060. The van der Waals surface area contributed by atoms with Crippen LogP contribution in [0.1, 0.15) is 56.0 Å². The first-order chi connectivity index (χ1) is 16.9. The van der Waals surface area contributed by atoms with Gasteiger partial charge in [0.05, 0.1) is 10.6 Å². The Hall–Kier alpha value is -2.57. The van der Waals surface area contributed by atoms with Gasteiger partial charge < -0.3 is 19.8 Å². The molecule has 0 aromatic heterocycles. The van der Waals surface area contributed by atoms with Crippen molar-refractivity contribution in [3.05, 3.63) is 64.7 Å². The average molecular weight is 514 g/mol. The Balaban J connectivity index is 1.56. The first-order valence-corrected chi connectivity index (χ1v) is 13.0. The molecule has 1 N–H and O–H groups in total. The molecule has 36 heavy (non-hydrogen) atoms. The summed E-state index contributed by atoms with van der Waals surface area (Å²) in [5.41, 5.74) is 0.785. The van der Waals surface area contributed by atoms with E-state index in [1.807, 2.05) is 36.4 Å². The van der Waals surface area contributed by atoms with Gasteiger partial charge in [-0.15, -0.1) is 0 Å². The lowest BCUT2D eigenvalue weighted by Gasteiger charge is -2.44. The highest BCUT2D eigenvalue weighted by molar-refractivity contribution is 6.34. The van der Waals surface area contributed by atoms with Gasteiger partial charge >= 0.3 is 0 Å². The summed E-state index contributed by atoms with van der Waals surface area (Å²) in [4.78, 5) is 30.8. The number of hydrogen-bond acceptors (Lipinski definition) is 4. The van der Waals surface area contributed by atoms with Crippen LogP contribution in [-0.2, 0) is 10.4 Å². The number of piperidine rings is 1. The van der Waals surface area contributed by atoms with Crippen LogP contribution >= 0.6 is 11.6 Å². The minimum absolute atomic E-state index is 0.0969. The number of amides is 2. The SMILES string of the molecule is CC(CCN(C)C(=O)[C@](C)(O)c1ccccc1)C1(C)CCN(c2ccc(C(=O)N(C)C)c(Cl)c2)CC1. The van der Waals surface area contributed by atoms with Crippen LogP contribution in [0.25, 0.3) is 0 Å². The summed E-state index contributed by atoms with van der Waals surface area (Å²) in [6.07, 6.45) is 2.93. The van der Waals surface area contributed by atoms with E-state index in [9.17, 15) is 14.7 Å². The van der Waals surface area contributed by atoms with E-state index in [1.54, 1.807) is 45.1 Å². The molecule has 7 heteroatoms. The molecule has 0 radical (unpaired) electrons. The summed E-state index contributed by atoms with van der Waals surface area (Å²) >= 11 is 6.44. The normalized spacial score (nSPS) is 17.7. The highest BCUT2D eigenvalue weighted by atomic mass is 35.5. The molecule has 1 unspecified atom stereocenters. The van der Waals surface area contributed by atoms with Gasteiger partial charge in [0.2, 0.25) is 0 Å². The van der Waals surface area contributed by atoms with Crippen LogP contribution in [0.4, 0.5) is 5.69 Å². The van der Waals surface area contributed by atoms with Gasteiger partial charge in [0.1, 0.15) is 0 Å². The van der Waals surface area contributed by atoms with Crippen molar-refractivity contribution in [1.82, 2.24) is 9.80 Å². The number of halogens is 1. The lowest BCUT2D eigenvalue weighted by Crippen LogP contribution is -2.45. The fraction of sp³-hybridized carbons (Fsp3) is 0.517. The van der Waals surface area contributed by atoms with E-state index in [0.717, 1.165) is 38.0 Å². The third-order valence-electron chi connectivity index (χ3n) is 8.05. The van der Waals surface area contributed by atoms with Crippen LogP contribution < -0.4 is 4.90 Å². The monoisotopic (exact) mass is 513 g/mol.